The van der Waals surface area contributed by atoms with Crippen LogP contribution in [0.1, 0.15) is 38.4 Å². The van der Waals surface area contributed by atoms with E-state index in [1.807, 2.05) is 20.8 Å². The van der Waals surface area contributed by atoms with E-state index in [1.165, 1.54) is 0 Å². The van der Waals surface area contributed by atoms with E-state index in [2.05, 4.69) is 16.3 Å². The zero-order valence-corrected chi connectivity index (χ0v) is 10.9. The third kappa shape index (κ3) is 1.70. The van der Waals surface area contributed by atoms with Crippen LogP contribution in [0.4, 0.5) is 4.79 Å². The molecule has 0 aliphatic carbocycles. The predicted molar refractivity (Wildman–Crippen MR) is 66.7 cm³/mol. The summed E-state index contributed by atoms with van der Waals surface area (Å²) in [6.07, 6.45) is 5.31. The Morgan fingerprint density at radius 2 is 2.33 bits per heavy atom. The van der Waals surface area contributed by atoms with E-state index >= 15 is 0 Å². The smallest absolute Gasteiger partial charge is 0.415 e. The summed E-state index contributed by atoms with van der Waals surface area (Å²) in [5.74, 6) is 0. The van der Waals surface area contributed by atoms with Crippen LogP contribution >= 0.6 is 0 Å². The average molecular weight is 247 g/mol. The van der Waals surface area contributed by atoms with Crippen LogP contribution in [-0.4, -0.2) is 32.8 Å². The van der Waals surface area contributed by atoms with Crippen LogP contribution < -0.4 is 0 Å². The van der Waals surface area contributed by atoms with E-state index in [9.17, 15) is 4.79 Å². The SMILES string of the molecule is CC(C)(C)OC(=O)N1C2=CCC1Cc1[nH]ncc12. The monoisotopic (exact) mass is 247 g/mol. The highest BCUT2D eigenvalue weighted by Gasteiger charge is 2.40. The van der Waals surface area contributed by atoms with Crippen molar-refractivity contribution >= 4 is 11.8 Å². The molecule has 1 amide bonds. The van der Waals surface area contributed by atoms with Crippen LogP contribution in [0.2, 0.25) is 0 Å². The largest absolute Gasteiger partial charge is 0.443 e. The van der Waals surface area contributed by atoms with Gasteiger partial charge < -0.3 is 4.74 Å². The molecule has 3 heterocycles. The Hall–Kier alpha value is -1.78. The number of amides is 1. The van der Waals surface area contributed by atoms with Crippen molar-refractivity contribution in [1.29, 1.82) is 0 Å². The maximum atomic E-state index is 12.2. The molecule has 1 unspecified atom stereocenters. The number of H-pyrrole nitrogens is 1. The number of aromatic amines is 1. The lowest BCUT2D eigenvalue weighted by atomic mass is 10.0. The first kappa shape index (κ1) is 11.3. The zero-order chi connectivity index (χ0) is 12.9. The first-order valence-electron chi connectivity index (χ1n) is 6.21. The number of carbonyl (C=O) groups excluding carboxylic acids is 1. The molecular weight excluding hydrogens is 230 g/mol. The Kier molecular flexibility index (Phi) is 2.27. The molecule has 5 nitrogen and oxygen atoms in total. The molecular formula is C13H17N3O2. The Labute approximate surface area is 106 Å². The summed E-state index contributed by atoms with van der Waals surface area (Å²) in [5.41, 5.74) is 2.61. The van der Waals surface area contributed by atoms with Crippen LogP contribution in [0.5, 0.6) is 0 Å². The molecule has 1 N–H and O–H groups in total. The van der Waals surface area contributed by atoms with Crippen molar-refractivity contribution < 1.29 is 9.53 Å². The minimum Gasteiger partial charge on any atom is -0.443 e. The number of ether oxygens (including phenoxy) is 1. The predicted octanol–water partition coefficient (Wildman–Crippen LogP) is 2.32. The number of nitrogens with zero attached hydrogens (tertiary/aromatic N) is 2. The lowest BCUT2D eigenvalue weighted by Gasteiger charge is -2.33. The highest BCUT2D eigenvalue weighted by molar-refractivity contribution is 5.86. The van der Waals surface area contributed by atoms with Crippen molar-refractivity contribution in [3.63, 3.8) is 0 Å². The molecule has 0 aromatic carbocycles. The summed E-state index contributed by atoms with van der Waals surface area (Å²) in [4.78, 5) is 14.0. The van der Waals surface area contributed by atoms with Gasteiger partial charge in [-0.15, -0.1) is 0 Å². The fourth-order valence-corrected chi connectivity index (χ4v) is 2.55. The van der Waals surface area contributed by atoms with Gasteiger partial charge in [-0.2, -0.15) is 5.10 Å². The van der Waals surface area contributed by atoms with Crippen molar-refractivity contribution in [1.82, 2.24) is 15.1 Å². The second-order valence-corrected chi connectivity index (χ2v) is 5.80. The number of rotatable bonds is 0. The molecule has 5 heteroatoms. The van der Waals surface area contributed by atoms with E-state index in [1.54, 1.807) is 11.1 Å². The summed E-state index contributed by atoms with van der Waals surface area (Å²) in [6.45, 7) is 5.65. The molecule has 0 radical (unpaired) electrons. The summed E-state index contributed by atoms with van der Waals surface area (Å²) >= 11 is 0. The average Bonchev–Trinajstić information content (AvgIpc) is 2.81. The highest BCUT2D eigenvalue weighted by atomic mass is 16.6. The summed E-state index contributed by atoms with van der Waals surface area (Å²) < 4.78 is 5.47. The van der Waals surface area contributed by atoms with Crippen molar-refractivity contribution in [2.24, 2.45) is 0 Å². The van der Waals surface area contributed by atoms with Crippen LogP contribution in [-0.2, 0) is 11.2 Å². The third-order valence-corrected chi connectivity index (χ3v) is 3.23. The van der Waals surface area contributed by atoms with Crippen molar-refractivity contribution in [3.05, 3.63) is 23.5 Å². The maximum Gasteiger partial charge on any atom is 0.415 e. The molecule has 2 aliphatic heterocycles. The summed E-state index contributed by atoms with van der Waals surface area (Å²) in [6, 6.07) is 0.169. The third-order valence-electron chi connectivity index (χ3n) is 3.23. The molecule has 2 aliphatic rings. The minimum atomic E-state index is -0.465. The molecule has 1 aromatic rings. The molecule has 1 atom stereocenters. The van der Waals surface area contributed by atoms with Gasteiger partial charge >= 0.3 is 6.09 Å². The van der Waals surface area contributed by atoms with Gasteiger partial charge in [0.1, 0.15) is 5.60 Å². The standard InChI is InChI=1S/C13H17N3O2/c1-13(2,3)18-12(17)16-8-4-5-11(16)9-7-14-15-10(9)6-8/h5,7-8H,4,6H2,1-3H3,(H,14,15). The number of hydrogen-bond acceptors (Lipinski definition) is 3. The summed E-state index contributed by atoms with van der Waals surface area (Å²) in [7, 11) is 0. The highest BCUT2D eigenvalue weighted by Crippen LogP contribution is 2.38. The maximum absolute atomic E-state index is 12.2. The van der Waals surface area contributed by atoms with Gasteiger partial charge in [0.25, 0.3) is 0 Å². The van der Waals surface area contributed by atoms with Crippen molar-refractivity contribution in [2.75, 3.05) is 0 Å². The second-order valence-electron chi connectivity index (χ2n) is 5.80. The lowest BCUT2D eigenvalue weighted by molar-refractivity contribution is 0.0301. The normalized spacial score (nSPS) is 21.6. The van der Waals surface area contributed by atoms with Crippen molar-refractivity contribution in [2.45, 2.75) is 45.3 Å². The van der Waals surface area contributed by atoms with E-state index in [4.69, 9.17) is 4.74 Å². The molecule has 0 saturated carbocycles. The van der Waals surface area contributed by atoms with Crippen LogP contribution in [0, 0.1) is 0 Å². The van der Waals surface area contributed by atoms with Gasteiger partial charge in [-0.05, 0) is 27.2 Å². The van der Waals surface area contributed by atoms with E-state index in [-0.39, 0.29) is 12.1 Å². The Balaban J connectivity index is 1.89. The van der Waals surface area contributed by atoms with Gasteiger partial charge in [0.2, 0.25) is 0 Å². The van der Waals surface area contributed by atoms with Gasteiger partial charge in [-0.3, -0.25) is 10.00 Å². The quantitative estimate of drug-likeness (QED) is 0.765. The van der Waals surface area contributed by atoms with Crippen LogP contribution in [0.15, 0.2) is 12.3 Å². The molecule has 1 aromatic heterocycles. The zero-order valence-electron chi connectivity index (χ0n) is 10.9. The molecule has 96 valence electrons. The minimum absolute atomic E-state index is 0.169. The molecule has 18 heavy (non-hydrogen) atoms. The van der Waals surface area contributed by atoms with Gasteiger partial charge in [0.05, 0.1) is 11.9 Å². The van der Waals surface area contributed by atoms with Crippen LogP contribution in [0.3, 0.4) is 0 Å². The Bertz CT molecular complexity index is 525. The Morgan fingerprint density at radius 1 is 1.56 bits per heavy atom. The lowest BCUT2D eigenvalue weighted by Crippen LogP contribution is -2.42. The van der Waals surface area contributed by atoms with Gasteiger partial charge in [-0.25, -0.2) is 4.79 Å². The molecule has 0 fully saturated rings. The Morgan fingerprint density at radius 3 is 3.06 bits per heavy atom. The molecule has 0 saturated heterocycles. The van der Waals surface area contributed by atoms with Gasteiger partial charge in [0, 0.05) is 23.7 Å². The number of nitrogens with one attached hydrogen (secondary N) is 1. The number of hydrogen-bond donors (Lipinski definition) is 1. The van der Waals surface area contributed by atoms with Gasteiger partial charge in [-0.1, -0.05) is 6.08 Å². The molecule has 3 rings (SSSR count). The van der Waals surface area contributed by atoms with Crippen molar-refractivity contribution in [3.8, 4) is 0 Å². The van der Waals surface area contributed by atoms with Gasteiger partial charge in [0.15, 0.2) is 0 Å². The van der Waals surface area contributed by atoms with Crippen LogP contribution in [0.25, 0.3) is 5.70 Å². The van der Waals surface area contributed by atoms with E-state index < -0.39 is 5.60 Å². The fraction of sp³-hybridized carbons (Fsp3) is 0.538. The molecule has 0 spiro atoms. The first-order valence-corrected chi connectivity index (χ1v) is 6.21. The van der Waals surface area contributed by atoms with E-state index in [0.29, 0.717) is 0 Å². The van der Waals surface area contributed by atoms with E-state index in [0.717, 1.165) is 29.8 Å². The molecule has 2 bridgehead atoms. The number of fused-ring (bicyclic) bond motifs is 4. The summed E-state index contributed by atoms with van der Waals surface area (Å²) in [5, 5.41) is 7.04. The first-order chi connectivity index (χ1) is 8.46. The number of carbonyl (C=O) groups is 1. The second kappa shape index (κ2) is 3.60. The topological polar surface area (TPSA) is 58.2 Å². The number of aromatic nitrogens is 2. The fourth-order valence-electron chi connectivity index (χ4n) is 2.55.